The number of pyridine rings is 1. The normalized spacial score (nSPS) is 9.69. The SMILES string of the molecule is CC#Cc1cc2cc(F)cnc2[nH]1. The van der Waals surface area contributed by atoms with Gasteiger partial charge in [0, 0.05) is 5.39 Å². The Morgan fingerprint density at radius 2 is 2.31 bits per heavy atom. The summed E-state index contributed by atoms with van der Waals surface area (Å²) >= 11 is 0. The Morgan fingerprint density at radius 1 is 1.46 bits per heavy atom. The Bertz CT molecular complexity index is 502. The summed E-state index contributed by atoms with van der Waals surface area (Å²) in [5.74, 6) is 5.27. The summed E-state index contributed by atoms with van der Waals surface area (Å²) in [6.07, 6.45) is 1.18. The molecule has 0 saturated carbocycles. The Labute approximate surface area is 74.8 Å². The summed E-state index contributed by atoms with van der Waals surface area (Å²) in [7, 11) is 0. The van der Waals surface area contributed by atoms with Crippen molar-refractivity contribution in [2.24, 2.45) is 0 Å². The quantitative estimate of drug-likeness (QED) is 0.608. The molecule has 1 N–H and O–H groups in total. The zero-order valence-corrected chi connectivity index (χ0v) is 7.06. The van der Waals surface area contributed by atoms with Crippen LogP contribution in [0.25, 0.3) is 11.0 Å². The van der Waals surface area contributed by atoms with Gasteiger partial charge in [-0.15, -0.1) is 0 Å². The van der Waals surface area contributed by atoms with Gasteiger partial charge in [0.25, 0.3) is 0 Å². The molecule has 2 nitrogen and oxygen atoms in total. The molecule has 13 heavy (non-hydrogen) atoms. The van der Waals surface area contributed by atoms with E-state index in [1.807, 2.05) is 0 Å². The zero-order valence-electron chi connectivity index (χ0n) is 7.06. The molecule has 3 heteroatoms. The highest BCUT2D eigenvalue weighted by atomic mass is 19.1. The number of rotatable bonds is 0. The van der Waals surface area contributed by atoms with Crippen LogP contribution in [-0.4, -0.2) is 9.97 Å². The maximum absolute atomic E-state index is 12.7. The number of aromatic nitrogens is 2. The smallest absolute Gasteiger partial charge is 0.142 e. The van der Waals surface area contributed by atoms with Crippen molar-refractivity contribution in [3.05, 3.63) is 29.8 Å². The first-order chi connectivity index (χ1) is 6.29. The van der Waals surface area contributed by atoms with Gasteiger partial charge in [0.15, 0.2) is 0 Å². The lowest BCUT2D eigenvalue weighted by Gasteiger charge is -1.86. The average molecular weight is 174 g/mol. The molecule has 0 unspecified atom stereocenters. The largest absolute Gasteiger partial charge is 0.333 e. The summed E-state index contributed by atoms with van der Waals surface area (Å²) in [6, 6.07) is 3.21. The van der Waals surface area contributed by atoms with E-state index >= 15 is 0 Å². The van der Waals surface area contributed by atoms with Crippen LogP contribution >= 0.6 is 0 Å². The monoisotopic (exact) mass is 174 g/mol. The molecule has 64 valence electrons. The highest BCUT2D eigenvalue weighted by Crippen LogP contribution is 2.13. The van der Waals surface area contributed by atoms with Crippen LogP contribution < -0.4 is 0 Å². The van der Waals surface area contributed by atoms with E-state index in [0.717, 1.165) is 11.1 Å². The van der Waals surface area contributed by atoms with Gasteiger partial charge in [0.05, 0.1) is 11.9 Å². The third-order valence-corrected chi connectivity index (χ3v) is 1.70. The van der Waals surface area contributed by atoms with Gasteiger partial charge in [-0.2, -0.15) is 0 Å². The summed E-state index contributed by atoms with van der Waals surface area (Å²) in [5.41, 5.74) is 1.43. The Morgan fingerprint density at radius 3 is 3.08 bits per heavy atom. The molecule has 0 aromatic carbocycles. The van der Waals surface area contributed by atoms with Gasteiger partial charge in [-0.1, -0.05) is 5.92 Å². The van der Waals surface area contributed by atoms with Crippen LogP contribution in [0.5, 0.6) is 0 Å². The van der Waals surface area contributed by atoms with E-state index in [1.54, 1.807) is 13.0 Å². The first-order valence-electron chi connectivity index (χ1n) is 3.86. The van der Waals surface area contributed by atoms with Gasteiger partial charge in [-0.3, -0.25) is 0 Å². The molecule has 0 aliphatic carbocycles. The maximum Gasteiger partial charge on any atom is 0.142 e. The van der Waals surface area contributed by atoms with E-state index < -0.39 is 0 Å². The lowest BCUT2D eigenvalue weighted by molar-refractivity contribution is 0.624. The molecule has 0 atom stereocenters. The number of aromatic amines is 1. The average Bonchev–Trinajstić information content (AvgIpc) is 2.46. The summed E-state index contributed by atoms with van der Waals surface area (Å²) in [6.45, 7) is 1.75. The third-order valence-electron chi connectivity index (χ3n) is 1.70. The summed E-state index contributed by atoms with van der Waals surface area (Å²) in [4.78, 5) is 6.86. The first kappa shape index (κ1) is 7.81. The number of halogens is 1. The van der Waals surface area contributed by atoms with Gasteiger partial charge in [0.2, 0.25) is 0 Å². The van der Waals surface area contributed by atoms with Crippen LogP contribution in [0.3, 0.4) is 0 Å². The van der Waals surface area contributed by atoms with Gasteiger partial charge in [-0.05, 0) is 25.0 Å². The van der Waals surface area contributed by atoms with Crippen molar-refractivity contribution in [3.8, 4) is 11.8 Å². The molecule has 0 radical (unpaired) electrons. The molecule has 0 spiro atoms. The molecular formula is C10H7FN2. The first-order valence-corrected chi connectivity index (χ1v) is 3.86. The lowest BCUT2D eigenvalue weighted by atomic mass is 10.3. The number of nitrogens with zero attached hydrogens (tertiary/aromatic N) is 1. The van der Waals surface area contributed by atoms with Gasteiger partial charge in [0.1, 0.15) is 11.5 Å². The van der Waals surface area contributed by atoms with Crippen LogP contribution in [0.2, 0.25) is 0 Å². The molecule has 0 saturated heterocycles. The number of hydrogen-bond acceptors (Lipinski definition) is 1. The minimum atomic E-state index is -0.331. The zero-order chi connectivity index (χ0) is 9.26. The predicted molar refractivity (Wildman–Crippen MR) is 48.6 cm³/mol. The van der Waals surface area contributed by atoms with Crippen molar-refractivity contribution in [1.82, 2.24) is 9.97 Å². The molecule has 0 amide bonds. The molecule has 0 aliphatic heterocycles. The topological polar surface area (TPSA) is 28.7 Å². The predicted octanol–water partition coefficient (Wildman–Crippen LogP) is 2.07. The fraction of sp³-hybridized carbons (Fsp3) is 0.100. The summed E-state index contributed by atoms with van der Waals surface area (Å²) < 4.78 is 12.7. The van der Waals surface area contributed by atoms with Crippen molar-refractivity contribution < 1.29 is 4.39 Å². The second-order valence-corrected chi connectivity index (χ2v) is 2.65. The molecular weight excluding hydrogens is 167 g/mol. The van der Waals surface area contributed by atoms with E-state index in [4.69, 9.17) is 0 Å². The Balaban J connectivity index is 2.66. The second kappa shape index (κ2) is 2.91. The lowest BCUT2D eigenvalue weighted by Crippen LogP contribution is -1.78. The highest BCUT2D eigenvalue weighted by molar-refractivity contribution is 5.77. The van der Waals surface area contributed by atoms with Crippen LogP contribution in [-0.2, 0) is 0 Å². The molecule has 0 aliphatic rings. The van der Waals surface area contributed by atoms with Gasteiger partial charge < -0.3 is 4.98 Å². The number of nitrogens with one attached hydrogen (secondary N) is 1. The van der Waals surface area contributed by atoms with E-state index in [1.165, 1.54) is 12.3 Å². The van der Waals surface area contributed by atoms with E-state index in [9.17, 15) is 4.39 Å². The van der Waals surface area contributed by atoms with Crippen LogP contribution in [0.15, 0.2) is 18.3 Å². The second-order valence-electron chi connectivity index (χ2n) is 2.65. The molecule has 0 bridgehead atoms. The van der Waals surface area contributed by atoms with E-state index in [-0.39, 0.29) is 5.82 Å². The van der Waals surface area contributed by atoms with Crippen molar-refractivity contribution in [2.75, 3.05) is 0 Å². The van der Waals surface area contributed by atoms with Crippen LogP contribution in [0.4, 0.5) is 4.39 Å². The molecule has 2 aromatic heterocycles. The number of hydrogen-bond donors (Lipinski definition) is 1. The van der Waals surface area contributed by atoms with E-state index in [0.29, 0.717) is 5.65 Å². The third kappa shape index (κ3) is 1.38. The number of fused-ring (bicyclic) bond motifs is 1. The van der Waals surface area contributed by atoms with Crippen molar-refractivity contribution >= 4 is 11.0 Å². The fourth-order valence-corrected chi connectivity index (χ4v) is 1.19. The minimum Gasteiger partial charge on any atom is -0.333 e. The van der Waals surface area contributed by atoms with E-state index in [2.05, 4.69) is 21.8 Å². The molecule has 0 fully saturated rings. The summed E-state index contributed by atoms with van der Waals surface area (Å²) in [5, 5.41) is 0.748. The Hall–Kier alpha value is -1.82. The molecule has 2 rings (SSSR count). The standard InChI is InChI=1S/C10H7FN2/c1-2-3-9-5-7-4-8(11)6-12-10(7)13-9/h4-6H,1H3,(H,12,13). The highest BCUT2D eigenvalue weighted by Gasteiger charge is 2.00. The fourth-order valence-electron chi connectivity index (χ4n) is 1.19. The minimum absolute atomic E-state index is 0.331. The maximum atomic E-state index is 12.7. The number of H-pyrrole nitrogens is 1. The Kier molecular flexibility index (Phi) is 1.75. The van der Waals surface area contributed by atoms with Crippen molar-refractivity contribution in [1.29, 1.82) is 0 Å². The van der Waals surface area contributed by atoms with Crippen molar-refractivity contribution in [3.63, 3.8) is 0 Å². The van der Waals surface area contributed by atoms with Crippen LogP contribution in [0.1, 0.15) is 12.6 Å². The van der Waals surface area contributed by atoms with Crippen molar-refractivity contribution in [2.45, 2.75) is 6.92 Å². The van der Waals surface area contributed by atoms with Crippen LogP contribution in [0, 0.1) is 17.7 Å². The molecule has 2 heterocycles. The van der Waals surface area contributed by atoms with Gasteiger partial charge in [-0.25, -0.2) is 9.37 Å². The molecule has 2 aromatic rings. The van der Waals surface area contributed by atoms with Gasteiger partial charge >= 0.3 is 0 Å².